The van der Waals surface area contributed by atoms with Crippen LogP contribution in [-0.2, 0) is 35.7 Å². The largest absolute Gasteiger partial charge is 0.487 e. The highest BCUT2D eigenvalue weighted by atomic mass is 16.6. The molecule has 1 aromatic carbocycles. The molecule has 0 saturated carbocycles. The molecule has 8 heteroatoms. The van der Waals surface area contributed by atoms with E-state index in [-0.39, 0.29) is 19.1 Å². The van der Waals surface area contributed by atoms with E-state index in [0.717, 1.165) is 49.7 Å². The van der Waals surface area contributed by atoms with Crippen molar-refractivity contribution in [2.45, 2.75) is 77.4 Å². The van der Waals surface area contributed by atoms with Crippen LogP contribution in [0.4, 0.5) is 0 Å². The summed E-state index contributed by atoms with van der Waals surface area (Å²) in [6.45, 7) is 11.0. The zero-order valence-corrected chi connectivity index (χ0v) is 23.9. The number of methoxy groups -OCH3 is 1. The number of aryl methyl sites for hydroxylation is 1. The van der Waals surface area contributed by atoms with Crippen molar-refractivity contribution in [1.82, 2.24) is 0 Å². The standard InChI is InChI=1S/C30H47NO7/c1-6-7-8-9-23-18-24(37-27(32)21-36-17-16-35-15-14-34-13-12-33-5)28-25(19-23)38-29(3,4)26-11-10-22(2)20-30(26,28)31/h18-20,26H,6-17,21,31H2,1-5H3/t26-,30?/m0/s1. The van der Waals surface area contributed by atoms with Crippen LogP contribution in [0.2, 0.25) is 0 Å². The smallest absolute Gasteiger partial charge is 0.337 e. The van der Waals surface area contributed by atoms with Gasteiger partial charge in [-0.05, 0) is 64.2 Å². The van der Waals surface area contributed by atoms with Gasteiger partial charge in [0.15, 0.2) is 0 Å². The number of hydrogen-bond acceptors (Lipinski definition) is 8. The van der Waals surface area contributed by atoms with E-state index in [9.17, 15) is 4.79 Å². The van der Waals surface area contributed by atoms with Crippen LogP contribution in [0.1, 0.15) is 70.9 Å². The van der Waals surface area contributed by atoms with Gasteiger partial charge < -0.3 is 34.2 Å². The maximum Gasteiger partial charge on any atom is 0.337 e. The fraction of sp³-hybridized carbons (Fsp3) is 0.700. The van der Waals surface area contributed by atoms with Crippen LogP contribution in [0, 0.1) is 5.92 Å². The van der Waals surface area contributed by atoms with E-state index in [4.69, 9.17) is 34.2 Å². The van der Waals surface area contributed by atoms with Crippen LogP contribution < -0.4 is 15.2 Å². The molecule has 38 heavy (non-hydrogen) atoms. The first kappa shape index (κ1) is 30.6. The molecule has 0 bridgehead atoms. The number of carbonyl (C=O) groups is 1. The number of hydrogen-bond donors (Lipinski definition) is 1. The van der Waals surface area contributed by atoms with E-state index in [1.807, 2.05) is 6.07 Å². The lowest BCUT2D eigenvalue weighted by atomic mass is 9.63. The van der Waals surface area contributed by atoms with Crippen LogP contribution in [-0.4, -0.2) is 64.9 Å². The topological polar surface area (TPSA) is 98.5 Å². The van der Waals surface area contributed by atoms with E-state index < -0.39 is 17.1 Å². The number of unbranched alkanes of at least 4 members (excludes halogenated alkanes) is 2. The summed E-state index contributed by atoms with van der Waals surface area (Å²) in [5.74, 6) is 0.767. The van der Waals surface area contributed by atoms with Gasteiger partial charge in [0.25, 0.3) is 0 Å². The molecule has 2 atom stereocenters. The van der Waals surface area contributed by atoms with Gasteiger partial charge in [-0.15, -0.1) is 0 Å². The molecule has 0 spiro atoms. The normalized spacial score (nSPS) is 21.7. The molecule has 8 nitrogen and oxygen atoms in total. The monoisotopic (exact) mass is 533 g/mol. The quantitative estimate of drug-likeness (QED) is 0.141. The molecule has 0 aromatic heterocycles. The van der Waals surface area contributed by atoms with Gasteiger partial charge in [0.05, 0.1) is 50.7 Å². The highest BCUT2D eigenvalue weighted by Crippen LogP contribution is 2.54. The molecule has 1 heterocycles. The van der Waals surface area contributed by atoms with Gasteiger partial charge in [-0.2, -0.15) is 0 Å². The third kappa shape index (κ3) is 8.02. The first-order valence-corrected chi connectivity index (χ1v) is 14.0. The third-order valence-corrected chi connectivity index (χ3v) is 7.35. The predicted molar refractivity (Wildman–Crippen MR) is 147 cm³/mol. The molecular formula is C30H47NO7. The van der Waals surface area contributed by atoms with Crippen molar-refractivity contribution >= 4 is 5.97 Å². The summed E-state index contributed by atoms with van der Waals surface area (Å²) in [7, 11) is 1.63. The lowest BCUT2D eigenvalue weighted by molar-refractivity contribution is -0.140. The summed E-state index contributed by atoms with van der Waals surface area (Å²) in [6, 6.07) is 4.05. The Balaban J connectivity index is 1.69. The van der Waals surface area contributed by atoms with Crippen LogP contribution in [0.25, 0.3) is 0 Å². The molecule has 1 aliphatic carbocycles. The summed E-state index contributed by atoms with van der Waals surface area (Å²) in [5, 5.41) is 0. The zero-order valence-electron chi connectivity index (χ0n) is 23.9. The Kier molecular flexibility index (Phi) is 11.6. The van der Waals surface area contributed by atoms with Crippen LogP contribution in [0.5, 0.6) is 11.5 Å². The van der Waals surface area contributed by atoms with Gasteiger partial charge in [0, 0.05) is 13.0 Å². The van der Waals surface area contributed by atoms with Crippen LogP contribution in [0.3, 0.4) is 0 Å². The first-order chi connectivity index (χ1) is 18.2. The Morgan fingerprint density at radius 1 is 1.05 bits per heavy atom. The van der Waals surface area contributed by atoms with Crippen molar-refractivity contribution in [3.8, 4) is 11.5 Å². The van der Waals surface area contributed by atoms with Crippen LogP contribution >= 0.6 is 0 Å². The first-order valence-electron chi connectivity index (χ1n) is 14.0. The Bertz CT molecular complexity index is 945. The molecule has 0 fully saturated rings. The second kappa shape index (κ2) is 14.4. The summed E-state index contributed by atoms with van der Waals surface area (Å²) < 4.78 is 33.7. The van der Waals surface area contributed by atoms with Gasteiger partial charge in [0.2, 0.25) is 0 Å². The number of esters is 1. The molecule has 0 radical (unpaired) electrons. The van der Waals surface area contributed by atoms with Crippen LogP contribution in [0.15, 0.2) is 23.8 Å². The Hall–Kier alpha value is -1.97. The molecule has 0 amide bonds. The van der Waals surface area contributed by atoms with Crippen molar-refractivity contribution in [2.24, 2.45) is 11.7 Å². The van der Waals surface area contributed by atoms with Gasteiger partial charge in [-0.3, -0.25) is 0 Å². The minimum absolute atomic E-state index is 0.0569. The molecule has 3 rings (SSSR count). The van der Waals surface area contributed by atoms with E-state index in [0.29, 0.717) is 44.5 Å². The predicted octanol–water partition coefficient (Wildman–Crippen LogP) is 4.70. The number of nitrogens with two attached hydrogens (primary N) is 1. The van der Waals surface area contributed by atoms with Gasteiger partial charge in [0.1, 0.15) is 23.7 Å². The zero-order chi connectivity index (χ0) is 27.6. The molecule has 2 N–H and O–H groups in total. The van der Waals surface area contributed by atoms with Gasteiger partial charge in [-0.1, -0.05) is 31.4 Å². The Morgan fingerprint density at radius 2 is 1.74 bits per heavy atom. The second-order valence-corrected chi connectivity index (χ2v) is 10.9. The number of fused-ring (bicyclic) bond motifs is 3. The van der Waals surface area contributed by atoms with Gasteiger partial charge in [-0.25, -0.2) is 4.79 Å². The molecule has 214 valence electrons. The van der Waals surface area contributed by atoms with Gasteiger partial charge >= 0.3 is 5.97 Å². The maximum atomic E-state index is 12.8. The minimum Gasteiger partial charge on any atom is -0.487 e. The van der Waals surface area contributed by atoms with Crippen molar-refractivity contribution < 1.29 is 33.2 Å². The van der Waals surface area contributed by atoms with Crippen molar-refractivity contribution in [3.63, 3.8) is 0 Å². The fourth-order valence-corrected chi connectivity index (χ4v) is 5.56. The summed E-state index contributed by atoms with van der Waals surface area (Å²) in [6.07, 6.45) is 8.25. The second-order valence-electron chi connectivity index (χ2n) is 10.9. The molecule has 2 aliphatic rings. The number of benzene rings is 1. The summed E-state index contributed by atoms with van der Waals surface area (Å²) >= 11 is 0. The number of rotatable bonds is 16. The molecule has 1 aromatic rings. The van der Waals surface area contributed by atoms with E-state index in [2.05, 4.69) is 39.8 Å². The number of carbonyl (C=O) groups excluding carboxylic acids is 1. The summed E-state index contributed by atoms with van der Waals surface area (Å²) in [5.41, 5.74) is 9.03. The van der Waals surface area contributed by atoms with Crippen molar-refractivity contribution in [1.29, 1.82) is 0 Å². The van der Waals surface area contributed by atoms with Crippen molar-refractivity contribution in [2.75, 3.05) is 53.4 Å². The Morgan fingerprint density at radius 3 is 2.42 bits per heavy atom. The SMILES string of the molecule is CCCCCc1cc(OC(=O)COCCOCCOCCOC)c2c(c1)OC(C)(C)[C@@H]1CCC(C)=CC21N. The highest BCUT2D eigenvalue weighted by Gasteiger charge is 2.53. The third-order valence-electron chi connectivity index (χ3n) is 7.35. The maximum absolute atomic E-state index is 12.8. The average molecular weight is 534 g/mol. The Labute approximate surface area is 228 Å². The van der Waals surface area contributed by atoms with Crippen molar-refractivity contribution in [3.05, 3.63) is 34.9 Å². The summed E-state index contributed by atoms with van der Waals surface area (Å²) in [4.78, 5) is 12.8. The lowest BCUT2D eigenvalue weighted by Gasteiger charge is -2.52. The lowest BCUT2D eigenvalue weighted by Crippen LogP contribution is -2.58. The molecular weight excluding hydrogens is 486 g/mol. The van der Waals surface area contributed by atoms with E-state index in [1.165, 1.54) is 5.57 Å². The fourth-order valence-electron chi connectivity index (χ4n) is 5.56. The highest BCUT2D eigenvalue weighted by molar-refractivity contribution is 5.75. The van der Waals surface area contributed by atoms with E-state index >= 15 is 0 Å². The van der Waals surface area contributed by atoms with E-state index in [1.54, 1.807) is 7.11 Å². The number of allylic oxidation sites excluding steroid dienone is 1. The number of ether oxygens (including phenoxy) is 6. The minimum atomic E-state index is -0.781. The molecule has 1 unspecified atom stereocenters. The molecule has 1 aliphatic heterocycles. The average Bonchev–Trinajstić information content (AvgIpc) is 2.84. The molecule has 0 saturated heterocycles.